The van der Waals surface area contributed by atoms with Crippen LogP contribution in [0.2, 0.25) is 0 Å². The molecule has 0 bridgehead atoms. The lowest BCUT2D eigenvalue weighted by atomic mass is 10.0. The predicted octanol–water partition coefficient (Wildman–Crippen LogP) is 1.74. The summed E-state index contributed by atoms with van der Waals surface area (Å²) in [7, 11) is 0. The zero-order valence-electron chi connectivity index (χ0n) is 10.2. The van der Waals surface area contributed by atoms with Crippen molar-refractivity contribution in [3.8, 4) is 0 Å². The molecule has 0 spiro atoms. The molecule has 0 heterocycles. The Labute approximate surface area is 97.0 Å². The number of carbonyl (C=O) groups is 1. The zero-order valence-corrected chi connectivity index (χ0v) is 10.2. The molecule has 1 aromatic rings. The maximum absolute atomic E-state index is 11.6. The Morgan fingerprint density at radius 3 is 2.56 bits per heavy atom. The molecule has 1 amide bonds. The quantitative estimate of drug-likeness (QED) is 0.812. The molecule has 3 nitrogen and oxygen atoms in total. The minimum atomic E-state index is -0.449. The third-order valence-corrected chi connectivity index (χ3v) is 2.35. The monoisotopic (exact) mass is 220 g/mol. The summed E-state index contributed by atoms with van der Waals surface area (Å²) in [5, 5.41) is 2.88. The van der Waals surface area contributed by atoms with Crippen LogP contribution in [0.1, 0.15) is 31.4 Å². The Kier molecular flexibility index (Phi) is 4.07. The molecule has 88 valence electrons. The first-order valence-electron chi connectivity index (χ1n) is 5.48. The number of nitrogens with one attached hydrogen (secondary N) is 1. The van der Waals surface area contributed by atoms with E-state index in [9.17, 15) is 4.79 Å². The number of hydrogen-bond donors (Lipinski definition) is 2. The van der Waals surface area contributed by atoms with Gasteiger partial charge in [-0.1, -0.05) is 24.3 Å². The van der Waals surface area contributed by atoms with Gasteiger partial charge in [0.15, 0.2) is 0 Å². The van der Waals surface area contributed by atoms with Gasteiger partial charge in [0, 0.05) is 18.5 Å². The Hall–Kier alpha value is -1.35. The average Bonchev–Trinajstić information content (AvgIpc) is 2.14. The normalized spacial score (nSPS) is 11.2. The van der Waals surface area contributed by atoms with Gasteiger partial charge in [-0.2, -0.15) is 0 Å². The molecule has 0 radical (unpaired) electrons. The van der Waals surface area contributed by atoms with Crippen LogP contribution in [0.4, 0.5) is 0 Å². The summed E-state index contributed by atoms with van der Waals surface area (Å²) in [6.45, 7) is 6.30. The molecule has 0 saturated carbocycles. The number of hydrogen-bond acceptors (Lipinski definition) is 2. The van der Waals surface area contributed by atoms with E-state index in [0.29, 0.717) is 13.0 Å². The molecule has 3 heteroatoms. The van der Waals surface area contributed by atoms with E-state index in [1.165, 1.54) is 5.56 Å². The van der Waals surface area contributed by atoms with Gasteiger partial charge < -0.3 is 11.1 Å². The highest BCUT2D eigenvalue weighted by Gasteiger charge is 2.15. The van der Waals surface area contributed by atoms with E-state index < -0.39 is 5.54 Å². The van der Waals surface area contributed by atoms with Gasteiger partial charge >= 0.3 is 0 Å². The van der Waals surface area contributed by atoms with Crippen LogP contribution in [0, 0.1) is 6.92 Å². The topological polar surface area (TPSA) is 55.1 Å². The summed E-state index contributed by atoms with van der Waals surface area (Å²) in [4.78, 5) is 11.6. The van der Waals surface area contributed by atoms with Crippen molar-refractivity contribution >= 4 is 5.91 Å². The van der Waals surface area contributed by atoms with Gasteiger partial charge in [0.05, 0.1) is 0 Å². The summed E-state index contributed by atoms with van der Waals surface area (Å²) in [5.41, 5.74) is 7.66. The number of rotatable bonds is 4. The van der Waals surface area contributed by atoms with Gasteiger partial charge in [0.2, 0.25) is 5.91 Å². The minimum Gasteiger partial charge on any atom is -0.352 e. The lowest BCUT2D eigenvalue weighted by Gasteiger charge is -2.17. The van der Waals surface area contributed by atoms with Crippen LogP contribution in [0.15, 0.2) is 24.3 Å². The van der Waals surface area contributed by atoms with Crippen molar-refractivity contribution < 1.29 is 4.79 Å². The van der Waals surface area contributed by atoms with Crippen LogP contribution >= 0.6 is 0 Å². The van der Waals surface area contributed by atoms with Crippen molar-refractivity contribution in [3.05, 3.63) is 35.4 Å². The molecule has 0 aromatic heterocycles. The predicted molar refractivity (Wildman–Crippen MR) is 65.9 cm³/mol. The minimum absolute atomic E-state index is 0.00393. The van der Waals surface area contributed by atoms with Crippen molar-refractivity contribution in [3.63, 3.8) is 0 Å². The van der Waals surface area contributed by atoms with Gasteiger partial charge in [0.1, 0.15) is 0 Å². The summed E-state index contributed by atoms with van der Waals surface area (Å²) in [5.74, 6) is -0.00393. The van der Waals surface area contributed by atoms with E-state index in [1.54, 1.807) is 0 Å². The van der Waals surface area contributed by atoms with Crippen LogP contribution in [-0.4, -0.2) is 11.4 Å². The SMILES string of the molecule is Cc1ccccc1CNC(=O)CC(C)(C)N. The second-order valence-electron chi connectivity index (χ2n) is 4.87. The molecule has 0 aliphatic heterocycles. The Balaban J connectivity index is 2.47. The second-order valence-corrected chi connectivity index (χ2v) is 4.87. The fraction of sp³-hybridized carbons (Fsp3) is 0.462. The number of amides is 1. The second kappa shape index (κ2) is 5.12. The first kappa shape index (κ1) is 12.7. The lowest BCUT2D eigenvalue weighted by molar-refractivity contribution is -0.122. The lowest BCUT2D eigenvalue weighted by Crippen LogP contribution is -2.38. The van der Waals surface area contributed by atoms with Gasteiger partial charge in [-0.3, -0.25) is 4.79 Å². The third kappa shape index (κ3) is 4.45. The molecule has 0 fully saturated rings. The smallest absolute Gasteiger partial charge is 0.222 e. The number of benzene rings is 1. The molecule has 1 aromatic carbocycles. The Morgan fingerprint density at radius 1 is 1.38 bits per heavy atom. The molecule has 1 rings (SSSR count). The molecule has 0 saturated heterocycles. The molecule has 3 N–H and O–H groups in total. The van der Waals surface area contributed by atoms with Crippen LogP contribution < -0.4 is 11.1 Å². The van der Waals surface area contributed by atoms with Crippen molar-refractivity contribution in [1.82, 2.24) is 5.32 Å². The molecule has 0 atom stereocenters. The van der Waals surface area contributed by atoms with Gasteiger partial charge in [0.25, 0.3) is 0 Å². The van der Waals surface area contributed by atoms with Gasteiger partial charge in [-0.05, 0) is 31.9 Å². The molecular formula is C13H20N2O. The van der Waals surface area contributed by atoms with E-state index in [4.69, 9.17) is 5.73 Å². The van der Waals surface area contributed by atoms with Gasteiger partial charge in [-0.15, -0.1) is 0 Å². The fourth-order valence-corrected chi connectivity index (χ4v) is 1.48. The highest BCUT2D eigenvalue weighted by Crippen LogP contribution is 2.07. The number of aryl methyl sites for hydroxylation is 1. The van der Waals surface area contributed by atoms with Crippen molar-refractivity contribution in [2.45, 2.75) is 39.3 Å². The van der Waals surface area contributed by atoms with E-state index in [2.05, 4.69) is 5.32 Å². The molecule has 0 unspecified atom stereocenters. The first-order valence-corrected chi connectivity index (χ1v) is 5.48. The average molecular weight is 220 g/mol. The van der Waals surface area contributed by atoms with Crippen LogP contribution in [0.25, 0.3) is 0 Å². The summed E-state index contributed by atoms with van der Waals surface area (Å²) in [6, 6.07) is 8.02. The summed E-state index contributed by atoms with van der Waals surface area (Å²) < 4.78 is 0. The molecular weight excluding hydrogens is 200 g/mol. The molecule has 16 heavy (non-hydrogen) atoms. The molecule has 0 aliphatic rings. The van der Waals surface area contributed by atoms with Crippen LogP contribution in [0.5, 0.6) is 0 Å². The number of carbonyl (C=O) groups excluding carboxylic acids is 1. The maximum atomic E-state index is 11.6. The van der Waals surface area contributed by atoms with E-state index in [-0.39, 0.29) is 5.91 Å². The van der Waals surface area contributed by atoms with Crippen LogP contribution in [0.3, 0.4) is 0 Å². The van der Waals surface area contributed by atoms with Crippen molar-refractivity contribution in [1.29, 1.82) is 0 Å². The first-order chi connectivity index (χ1) is 7.38. The highest BCUT2D eigenvalue weighted by atomic mass is 16.1. The molecule has 0 aliphatic carbocycles. The summed E-state index contributed by atoms with van der Waals surface area (Å²) >= 11 is 0. The van der Waals surface area contributed by atoms with Gasteiger partial charge in [-0.25, -0.2) is 0 Å². The van der Waals surface area contributed by atoms with Crippen molar-refractivity contribution in [2.24, 2.45) is 5.73 Å². The summed E-state index contributed by atoms with van der Waals surface area (Å²) in [6.07, 6.45) is 0.346. The Bertz CT molecular complexity index is 366. The highest BCUT2D eigenvalue weighted by molar-refractivity contribution is 5.77. The third-order valence-electron chi connectivity index (χ3n) is 2.35. The standard InChI is InChI=1S/C13H20N2O/c1-10-6-4-5-7-11(10)9-15-12(16)8-13(2,3)14/h4-7H,8-9,14H2,1-3H3,(H,15,16). The van der Waals surface area contributed by atoms with E-state index in [0.717, 1.165) is 5.56 Å². The van der Waals surface area contributed by atoms with E-state index >= 15 is 0 Å². The largest absolute Gasteiger partial charge is 0.352 e. The van der Waals surface area contributed by atoms with Crippen molar-refractivity contribution in [2.75, 3.05) is 0 Å². The van der Waals surface area contributed by atoms with Crippen LogP contribution in [-0.2, 0) is 11.3 Å². The maximum Gasteiger partial charge on any atom is 0.222 e. The Morgan fingerprint density at radius 2 is 2.00 bits per heavy atom. The van der Waals surface area contributed by atoms with E-state index in [1.807, 2.05) is 45.0 Å². The zero-order chi connectivity index (χ0) is 12.2. The number of nitrogens with two attached hydrogens (primary N) is 1. The fourth-order valence-electron chi connectivity index (χ4n) is 1.48.